The third-order valence-electron chi connectivity index (χ3n) is 4.73. The molecule has 0 aliphatic carbocycles. The van der Waals surface area contributed by atoms with Crippen LogP contribution < -0.4 is 5.32 Å². The highest BCUT2D eigenvalue weighted by Gasteiger charge is 2.22. The van der Waals surface area contributed by atoms with E-state index in [1.165, 1.54) is 12.7 Å². The molecule has 0 spiro atoms. The van der Waals surface area contributed by atoms with E-state index in [-0.39, 0.29) is 11.8 Å². The zero-order valence-corrected chi connectivity index (χ0v) is 15.0. The third kappa shape index (κ3) is 3.76. The van der Waals surface area contributed by atoms with Crippen molar-refractivity contribution in [3.63, 3.8) is 0 Å². The lowest BCUT2D eigenvalue weighted by atomic mass is 9.99. The Morgan fingerprint density at radius 2 is 2.00 bits per heavy atom. The molecule has 3 rings (SSSR count). The van der Waals surface area contributed by atoms with E-state index < -0.39 is 0 Å². The van der Waals surface area contributed by atoms with Crippen LogP contribution in [0.1, 0.15) is 51.8 Å². The van der Waals surface area contributed by atoms with Crippen molar-refractivity contribution in [1.29, 1.82) is 0 Å². The SMILES string of the molecule is Cc1cc(C(=O)N2CCCC(C)C2)ccc1NC(=O)c1occc1C. The number of aryl methyl sites for hydroxylation is 2. The predicted molar refractivity (Wildman–Crippen MR) is 96.9 cm³/mol. The van der Waals surface area contributed by atoms with Gasteiger partial charge in [-0.1, -0.05) is 6.92 Å². The van der Waals surface area contributed by atoms with E-state index in [1.807, 2.05) is 24.8 Å². The van der Waals surface area contributed by atoms with Gasteiger partial charge in [-0.05, 0) is 62.4 Å². The van der Waals surface area contributed by atoms with Gasteiger partial charge in [0.05, 0.1) is 6.26 Å². The maximum atomic E-state index is 12.7. The van der Waals surface area contributed by atoms with Gasteiger partial charge in [0, 0.05) is 29.9 Å². The Bertz CT molecular complexity index is 794. The highest BCUT2D eigenvalue weighted by molar-refractivity contribution is 6.04. The summed E-state index contributed by atoms with van der Waals surface area (Å²) in [6, 6.07) is 7.15. The van der Waals surface area contributed by atoms with E-state index in [0.717, 1.165) is 30.6 Å². The van der Waals surface area contributed by atoms with Crippen LogP contribution in [0.5, 0.6) is 0 Å². The van der Waals surface area contributed by atoms with Crippen LogP contribution in [-0.2, 0) is 0 Å². The molecule has 0 radical (unpaired) electrons. The highest BCUT2D eigenvalue weighted by Crippen LogP contribution is 2.22. The molecule has 2 amide bonds. The number of piperidine rings is 1. The van der Waals surface area contributed by atoms with Crippen molar-refractivity contribution >= 4 is 17.5 Å². The molecule has 1 saturated heterocycles. The van der Waals surface area contributed by atoms with Gasteiger partial charge in [0.1, 0.15) is 0 Å². The van der Waals surface area contributed by atoms with Crippen LogP contribution in [0, 0.1) is 19.8 Å². The van der Waals surface area contributed by atoms with Crippen LogP contribution in [0.15, 0.2) is 34.9 Å². The van der Waals surface area contributed by atoms with Gasteiger partial charge in [-0.3, -0.25) is 9.59 Å². The molecule has 1 aromatic carbocycles. The summed E-state index contributed by atoms with van der Waals surface area (Å²) >= 11 is 0. The van der Waals surface area contributed by atoms with Crippen LogP contribution in [0.4, 0.5) is 5.69 Å². The van der Waals surface area contributed by atoms with Crippen molar-refractivity contribution in [1.82, 2.24) is 4.90 Å². The lowest BCUT2D eigenvalue weighted by Crippen LogP contribution is -2.39. The number of nitrogens with zero attached hydrogens (tertiary/aromatic N) is 1. The summed E-state index contributed by atoms with van der Waals surface area (Å²) in [4.78, 5) is 26.9. The zero-order valence-electron chi connectivity index (χ0n) is 15.0. The number of hydrogen-bond acceptors (Lipinski definition) is 3. The summed E-state index contributed by atoms with van der Waals surface area (Å²) in [5.74, 6) is 0.639. The van der Waals surface area contributed by atoms with Gasteiger partial charge in [-0.2, -0.15) is 0 Å². The van der Waals surface area contributed by atoms with Gasteiger partial charge in [0.25, 0.3) is 11.8 Å². The molecule has 1 fully saturated rings. The number of furan rings is 1. The van der Waals surface area contributed by atoms with Crippen LogP contribution in [0.3, 0.4) is 0 Å². The highest BCUT2D eigenvalue weighted by atomic mass is 16.3. The molecule has 5 nitrogen and oxygen atoms in total. The van der Waals surface area contributed by atoms with Crippen LogP contribution in [0.2, 0.25) is 0 Å². The average Bonchev–Trinajstić information content (AvgIpc) is 3.02. The zero-order chi connectivity index (χ0) is 18.0. The van der Waals surface area contributed by atoms with Gasteiger partial charge in [0.15, 0.2) is 5.76 Å². The molecule has 2 heterocycles. The van der Waals surface area contributed by atoms with Gasteiger partial charge in [0.2, 0.25) is 0 Å². The van der Waals surface area contributed by atoms with Crippen molar-refractivity contribution < 1.29 is 14.0 Å². The number of carbonyl (C=O) groups excluding carboxylic acids is 2. The van der Waals surface area contributed by atoms with Crippen molar-refractivity contribution in [2.45, 2.75) is 33.6 Å². The maximum absolute atomic E-state index is 12.7. The maximum Gasteiger partial charge on any atom is 0.291 e. The fraction of sp³-hybridized carbons (Fsp3) is 0.400. The standard InChI is InChI=1S/C20H24N2O3/c1-13-5-4-9-22(12-13)20(24)16-6-7-17(15(3)11-16)21-19(23)18-14(2)8-10-25-18/h6-8,10-11,13H,4-5,9,12H2,1-3H3,(H,21,23). The molecule has 25 heavy (non-hydrogen) atoms. The molecule has 1 aliphatic heterocycles. The van der Waals surface area contributed by atoms with Gasteiger partial charge in [-0.15, -0.1) is 0 Å². The van der Waals surface area contributed by atoms with E-state index in [0.29, 0.717) is 22.9 Å². The molecule has 5 heteroatoms. The molecule has 132 valence electrons. The number of carbonyl (C=O) groups is 2. The van der Waals surface area contributed by atoms with Crippen LogP contribution >= 0.6 is 0 Å². The molecule has 0 bridgehead atoms. The first-order chi connectivity index (χ1) is 12.0. The number of likely N-dealkylation sites (tertiary alicyclic amines) is 1. The van der Waals surface area contributed by atoms with Gasteiger partial charge in [-0.25, -0.2) is 0 Å². The fourth-order valence-electron chi connectivity index (χ4n) is 3.28. The summed E-state index contributed by atoms with van der Waals surface area (Å²) < 4.78 is 5.22. The number of hydrogen-bond donors (Lipinski definition) is 1. The Hall–Kier alpha value is -2.56. The summed E-state index contributed by atoms with van der Waals surface area (Å²) in [7, 11) is 0. The summed E-state index contributed by atoms with van der Waals surface area (Å²) in [6.07, 6.45) is 3.74. The smallest absolute Gasteiger partial charge is 0.291 e. The minimum Gasteiger partial charge on any atom is -0.459 e. The first-order valence-corrected chi connectivity index (χ1v) is 8.71. The van der Waals surface area contributed by atoms with Crippen molar-refractivity contribution in [3.8, 4) is 0 Å². The first-order valence-electron chi connectivity index (χ1n) is 8.71. The lowest BCUT2D eigenvalue weighted by Gasteiger charge is -2.31. The minimum atomic E-state index is -0.283. The second kappa shape index (κ2) is 7.13. The summed E-state index contributed by atoms with van der Waals surface area (Å²) in [5.41, 5.74) is 3.00. The van der Waals surface area contributed by atoms with E-state index in [1.54, 1.807) is 18.2 Å². The van der Waals surface area contributed by atoms with E-state index in [4.69, 9.17) is 4.42 Å². The van der Waals surface area contributed by atoms with Gasteiger partial charge < -0.3 is 14.6 Å². The van der Waals surface area contributed by atoms with Gasteiger partial charge >= 0.3 is 0 Å². The van der Waals surface area contributed by atoms with Crippen LogP contribution in [0.25, 0.3) is 0 Å². The summed E-state index contributed by atoms with van der Waals surface area (Å²) in [5, 5.41) is 2.85. The van der Waals surface area contributed by atoms with Crippen LogP contribution in [-0.4, -0.2) is 29.8 Å². The largest absolute Gasteiger partial charge is 0.459 e. The number of rotatable bonds is 3. The van der Waals surface area contributed by atoms with E-state index in [2.05, 4.69) is 12.2 Å². The normalized spacial score (nSPS) is 17.4. The quantitative estimate of drug-likeness (QED) is 0.918. The minimum absolute atomic E-state index is 0.0643. The molecule has 2 aromatic rings. The number of benzene rings is 1. The van der Waals surface area contributed by atoms with E-state index >= 15 is 0 Å². The lowest BCUT2D eigenvalue weighted by molar-refractivity contribution is 0.0683. The number of nitrogens with one attached hydrogen (secondary N) is 1. The predicted octanol–water partition coefficient (Wildman–Crippen LogP) is 4.02. The Kier molecular flexibility index (Phi) is 4.93. The molecule has 1 aromatic heterocycles. The third-order valence-corrected chi connectivity index (χ3v) is 4.73. The van der Waals surface area contributed by atoms with Crippen molar-refractivity contribution in [2.24, 2.45) is 5.92 Å². The number of anilines is 1. The molecule has 0 saturated carbocycles. The Balaban J connectivity index is 1.73. The molecule has 1 atom stereocenters. The fourth-order valence-corrected chi connectivity index (χ4v) is 3.28. The molecule has 1 unspecified atom stereocenters. The Morgan fingerprint density at radius 1 is 1.20 bits per heavy atom. The molecular weight excluding hydrogens is 316 g/mol. The second-order valence-corrected chi connectivity index (χ2v) is 6.92. The first kappa shape index (κ1) is 17.3. The molecule has 1 N–H and O–H groups in total. The topological polar surface area (TPSA) is 62.6 Å². The van der Waals surface area contributed by atoms with Crippen molar-refractivity contribution in [2.75, 3.05) is 18.4 Å². The summed E-state index contributed by atoms with van der Waals surface area (Å²) in [6.45, 7) is 7.53. The second-order valence-electron chi connectivity index (χ2n) is 6.92. The average molecular weight is 340 g/mol. The Morgan fingerprint density at radius 3 is 2.64 bits per heavy atom. The number of amides is 2. The molecular formula is C20H24N2O3. The monoisotopic (exact) mass is 340 g/mol. The Labute approximate surface area is 148 Å². The van der Waals surface area contributed by atoms with Crippen molar-refractivity contribution in [3.05, 3.63) is 53.0 Å². The van der Waals surface area contributed by atoms with E-state index in [9.17, 15) is 9.59 Å². The molecule has 1 aliphatic rings.